The summed E-state index contributed by atoms with van der Waals surface area (Å²) in [4.78, 5) is 7.09. The molecule has 96 valence electrons. The third-order valence-electron chi connectivity index (χ3n) is 3.12. The van der Waals surface area contributed by atoms with E-state index >= 15 is 0 Å². The van der Waals surface area contributed by atoms with Gasteiger partial charge in [0.1, 0.15) is 0 Å². The first-order chi connectivity index (χ1) is 9.34. The molecule has 1 aliphatic heterocycles. The van der Waals surface area contributed by atoms with Crippen molar-refractivity contribution >= 4 is 28.3 Å². The van der Waals surface area contributed by atoms with Gasteiger partial charge in [0.05, 0.1) is 5.69 Å². The van der Waals surface area contributed by atoms with E-state index in [1.165, 1.54) is 5.69 Å². The number of anilines is 1. The summed E-state index contributed by atoms with van der Waals surface area (Å²) in [6, 6.07) is 21.1. The molecular formula is C16H16N2S. The monoisotopic (exact) mass is 268 g/mol. The number of amidine groups is 1. The Morgan fingerprint density at radius 1 is 1.00 bits per heavy atom. The Kier molecular flexibility index (Phi) is 3.56. The number of aliphatic imine (C=N–C) groups is 1. The highest BCUT2D eigenvalue weighted by molar-refractivity contribution is 8.14. The maximum absolute atomic E-state index is 4.77. The highest BCUT2D eigenvalue weighted by Crippen LogP contribution is 2.31. The molecule has 0 spiro atoms. The van der Waals surface area contributed by atoms with E-state index in [2.05, 4.69) is 36.1 Å². The summed E-state index contributed by atoms with van der Waals surface area (Å²) in [5, 5.41) is 1.09. The van der Waals surface area contributed by atoms with Crippen LogP contribution in [0.15, 0.2) is 65.7 Å². The SMILES string of the molecule is CC1CSC(=Nc2ccccc2)N1c1ccccc1. The van der Waals surface area contributed by atoms with Gasteiger partial charge in [-0.2, -0.15) is 0 Å². The van der Waals surface area contributed by atoms with Crippen LogP contribution in [0.1, 0.15) is 6.92 Å². The first-order valence-electron chi connectivity index (χ1n) is 6.45. The third kappa shape index (κ3) is 2.66. The molecule has 2 aromatic rings. The molecule has 1 atom stereocenters. The van der Waals surface area contributed by atoms with Crippen molar-refractivity contribution in [3.63, 3.8) is 0 Å². The largest absolute Gasteiger partial charge is 0.317 e. The van der Waals surface area contributed by atoms with E-state index in [1.807, 2.05) is 48.2 Å². The van der Waals surface area contributed by atoms with Gasteiger partial charge in [0.25, 0.3) is 0 Å². The number of thioether (sulfide) groups is 1. The molecule has 3 rings (SSSR count). The van der Waals surface area contributed by atoms with Crippen LogP contribution in [0.2, 0.25) is 0 Å². The van der Waals surface area contributed by atoms with Crippen LogP contribution >= 0.6 is 11.8 Å². The average molecular weight is 268 g/mol. The number of rotatable bonds is 2. The van der Waals surface area contributed by atoms with E-state index in [0.29, 0.717) is 6.04 Å². The number of para-hydroxylation sites is 2. The zero-order valence-electron chi connectivity index (χ0n) is 10.9. The van der Waals surface area contributed by atoms with Crippen LogP contribution in [0.5, 0.6) is 0 Å². The van der Waals surface area contributed by atoms with Crippen molar-refractivity contribution in [2.45, 2.75) is 13.0 Å². The molecule has 2 nitrogen and oxygen atoms in total. The van der Waals surface area contributed by atoms with Gasteiger partial charge < -0.3 is 4.90 Å². The number of hydrogen-bond acceptors (Lipinski definition) is 2. The lowest BCUT2D eigenvalue weighted by Crippen LogP contribution is -2.31. The molecule has 1 saturated heterocycles. The van der Waals surface area contributed by atoms with Crippen LogP contribution in [0.3, 0.4) is 0 Å². The van der Waals surface area contributed by atoms with Crippen LogP contribution < -0.4 is 4.90 Å². The Balaban J connectivity index is 1.95. The van der Waals surface area contributed by atoms with E-state index in [9.17, 15) is 0 Å². The molecule has 0 N–H and O–H groups in total. The van der Waals surface area contributed by atoms with Gasteiger partial charge in [-0.15, -0.1) is 0 Å². The summed E-state index contributed by atoms with van der Waals surface area (Å²) in [5.74, 6) is 1.08. The second-order valence-corrected chi connectivity index (χ2v) is 5.58. The van der Waals surface area contributed by atoms with E-state index in [-0.39, 0.29) is 0 Å². The molecule has 19 heavy (non-hydrogen) atoms. The predicted molar refractivity (Wildman–Crippen MR) is 84.4 cm³/mol. The van der Waals surface area contributed by atoms with Gasteiger partial charge in [-0.25, -0.2) is 4.99 Å². The van der Waals surface area contributed by atoms with E-state index in [4.69, 9.17) is 4.99 Å². The Hall–Kier alpha value is -1.74. The van der Waals surface area contributed by atoms with Crippen molar-refractivity contribution in [1.29, 1.82) is 0 Å². The van der Waals surface area contributed by atoms with Crippen molar-refractivity contribution in [2.24, 2.45) is 4.99 Å². The van der Waals surface area contributed by atoms with E-state index < -0.39 is 0 Å². The van der Waals surface area contributed by atoms with E-state index in [1.54, 1.807) is 0 Å². The summed E-state index contributed by atoms with van der Waals surface area (Å²) >= 11 is 1.82. The molecule has 1 heterocycles. The minimum absolute atomic E-state index is 0.481. The van der Waals surface area contributed by atoms with Crippen molar-refractivity contribution in [3.05, 3.63) is 60.7 Å². The minimum Gasteiger partial charge on any atom is -0.317 e. The molecule has 1 fully saturated rings. The molecule has 0 saturated carbocycles. The highest BCUT2D eigenvalue weighted by atomic mass is 32.2. The van der Waals surface area contributed by atoms with Crippen molar-refractivity contribution in [3.8, 4) is 0 Å². The zero-order chi connectivity index (χ0) is 13.1. The number of nitrogens with zero attached hydrogens (tertiary/aromatic N) is 2. The fourth-order valence-electron chi connectivity index (χ4n) is 2.18. The molecule has 0 aromatic heterocycles. The first-order valence-corrected chi connectivity index (χ1v) is 7.44. The van der Waals surface area contributed by atoms with Crippen molar-refractivity contribution in [1.82, 2.24) is 0 Å². The second kappa shape index (κ2) is 5.49. The lowest BCUT2D eigenvalue weighted by atomic mass is 10.2. The Morgan fingerprint density at radius 3 is 2.32 bits per heavy atom. The highest BCUT2D eigenvalue weighted by Gasteiger charge is 2.27. The molecule has 0 amide bonds. The molecule has 1 unspecified atom stereocenters. The molecule has 0 radical (unpaired) electrons. The van der Waals surface area contributed by atoms with Gasteiger partial charge in [-0.3, -0.25) is 0 Å². The van der Waals surface area contributed by atoms with Gasteiger partial charge >= 0.3 is 0 Å². The van der Waals surface area contributed by atoms with Crippen LogP contribution in [-0.4, -0.2) is 17.0 Å². The zero-order valence-corrected chi connectivity index (χ0v) is 11.7. The Bertz CT molecular complexity index is 566. The maximum Gasteiger partial charge on any atom is 0.169 e. The molecule has 1 aliphatic rings. The number of hydrogen-bond donors (Lipinski definition) is 0. The van der Waals surface area contributed by atoms with Crippen LogP contribution in [0.25, 0.3) is 0 Å². The van der Waals surface area contributed by atoms with Crippen LogP contribution in [0.4, 0.5) is 11.4 Å². The van der Waals surface area contributed by atoms with Gasteiger partial charge in [-0.1, -0.05) is 48.2 Å². The molecule has 0 bridgehead atoms. The van der Waals surface area contributed by atoms with Crippen LogP contribution in [0, 0.1) is 0 Å². The average Bonchev–Trinajstić information content (AvgIpc) is 2.82. The fraction of sp³-hybridized carbons (Fsp3) is 0.188. The van der Waals surface area contributed by atoms with Crippen molar-refractivity contribution in [2.75, 3.05) is 10.7 Å². The smallest absolute Gasteiger partial charge is 0.169 e. The first kappa shape index (κ1) is 12.3. The van der Waals surface area contributed by atoms with Gasteiger partial charge in [-0.05, 0) is 31.2 Å². The van der Waals surface area contributed by atoms with E-state index in [0.717, 1.165) is 16.6 Å². The summed E-state index contributed by atoms with van der Waals surface area (Å²) in [6.45, 7) is 2.24. The molecule has 2 aromatic carbocycles. The minimum atomic E-state index is 0.481. The predicted octanol–water partition coefficient (Wildman–Crippen LogP) is 4.32. The fourth-order valence-corrected chi connectivity index (χ4v) is 3.31. The normalized spacial score (nSPS) is 21.0. The molecular weight excluding hydrogens is 252 g/mol. The van der Waals surface area contributed by atoms with Gasteiger partial charge in [0.15, 0.2) is 5.17 Å². The summed E-state index contributed by atoms with van der Waals surface area (Å²) in [6.07, 6.45) is 0. The lowest BCUT2D eigenvalue weighted by Gasteiger charge is -2.23. The summed E-state index contributed by atoms with van der Waals surface area (Å²) in [7, 11) is 0. The summed E-state index contributed by atoms with van der Waals surface area (Å²) in [5.41, 5.74) is 2.23. The quantitative estimate of drug-likeness (QED) is 0.806. The molecule has 3 heteroatoms. The van der Waals surface area contributed by atoms with Gasteiger partial charge in [0, 0.05) is 17.5 Å². The third-order valence-corrected chi connectivity index (χ3v) is 4.31. The maximum atomic E-state index is 4.77. The van der Waals surface area contributed by atoms with Crippen molar-refractivity contribution < 1.29 is 0 Å². The Morgan fingerprint density at radius 2 is 1.63 bits per heavy atom. The van der Waals surface area contributed by atoms with Gasteiger partial charge in [0.2, 0.25) is 0 Å². The number of benzene rings is 2. The Labute approximate surface area is 118 Å². The standard InChI is InChI=1S/C16H16N2S/c1-13-12-19-16(17-14-8-4-2-5-9-14)18(13)15-10-6-3-7-11-15/h2-11,13H,12H2,1H3. The second-order valence-electron chi connectivity index (χ2n) is 4.60. The summed E-state index contributed by atoms with van der Waals surface area (Å²) < 4.78 is 0. The van der Waals surface area contributed by atoms with Crippen LogP contribution in [-0.2, 0) is 0 Å². The topological polar surface area (TPSA) is 15.6 Å². The molecule has 0 aliphatic carbocycles. The lowest BCUT2D eigenvalue weighted by molar-refractivity contribution is 0.840.